The lowest BCUT2D eigenvalue weighted by molar-refractivity contribution is -0.143. The first-order valence-electron chi connectivity index (χ1n) is 4.52. The standard InChI is InChI=1S/C8H15O7P/c1-5(7(11)12)8(2,16(13,14)15)4-3-6(9)10/h5H,3-4H2,1-2H3,(H,9,10)(H,11,12)(H2,13,14,15). The molecule has 0 aliphatic rings. The highest BCUT2D eigenvalue weighted by Crippen LogP contribution is 2.56. The molecule has 0 amide bonds. The monoisotopic (exact) mass is 254 g/mol. The van der Waals surface area contributed by atoms with Gasteiger partial charge in [-0.05, 0) is 13.3 Å². The van der Waals surface area contributed by atoms with E-state index in [-0.39, 0.29) is 6.42 Å². The summed E-state index contributed by atoms with van der Waals surface area (Å²) in [6, 6.07) is 0. The predicted octanol–water partition coefficient (Wildman–Crippen LogP) is 0.508. The lowest BCUT2D eigenvalue weighted by Gasteiger charge is -2.33. The summed E-state index contributed by atoms with van der Waals surface area (Å²) in [5.74, 6) is -3.92. The van der Waals surface area contributed by atoms with Crippen molar-refractivity contribution < 1.29 is 34.2 Å². The van der Waals surface area contributed by atoms with E-state index in [1.807, 2.05) is 0 Å². The molecule has 0 spiro atoms. The van der Waals surface area contributed by atoms with Gasteiger partial charge in [-0.3, -0.25) is 14.2 Å². The summed E-state index contributed by atoms with van der Waals surface area (Å²) in [5, 5.41) is 15.4. The maximum absolute atomic E-state index is 11.2. The first kappa shape index (κ1) is 15.1. The van der Waals surface area contributed by atoms with E-state index in [1.54, 1.807) is 0 Å². The van der Waals surface area contributed by atoms with Gasteiger partial charge in [-0.2, -0.15) is 0 Å². The average Bonchev–Trinajstić information content (AvgIpc) is 2.10. The molecule has 94 valence electrons. The van der Waals surface area contributed by atoms with Crippen molar-refractivity contribution in [3.8, 4) is 0 Å². The molecule has 0 aliphatic carbocycles. The number of carboxylic acids is 2. The molecule has 0 radical (unpaired) electrons. The van der Waals surface area contributed by atoms with E-state index in [1.165, 1.54) is 0 Å². The van der Waals surface area contributed by atoms with Gasteiger partial charge in [0.25, 0.3) is 0 Å². The maximum Gasteiger partial charge on any atom is 0.332 e. The fraction of sp³-hybridized carbons (Fsp3) is 0.750. The highest BCUT2D eigenvalue weighted by molar-refractivity contribution is 7.53. The van der Waals surface area contributed by atoms with Crippen LogP contribution in [0.25, 0.3) is 0 Å². The minimum atomic E-state index is -4.70. The van der Waals surface area contributed by atoms with Crippen LogP contribution in [0, 0.1) is 5.92 Å². The van der Waals surface area contributed by atoms with Crippen molar-refractivity contribution in [3.63, 3.8) is 0 Å². The minimum absolute atomic E-state index is 0.389. The van der Waals surface area contributed by atoms with Crippen molar-refractivity contribution in [2.45, 2.75) is 31.8 Å². The van der Waals surface area contributed by atoms with Gasteiger partial charge in [-0.15, -0.1) is 0 Å². The van der Waals surface area contributed by atoms with E-state index in [9.17, 15) is 14.2 Å². The van der Waals surface area contributed by atoms with Crippen LogP contribution in [0.2, 0.25) is 0 Å². The molecule has 0 saturated carbocycles. The van der Waals surface area contributed by atoms with Crippen molar-refractivity contribution in [2.75, 3.05) is 0 Å². The molecule has 2 unspecified atom stereocenters. The van der Waals surface area contributed by atoms with Crippen LogP contribution in [0.3, 0.4) is 0 Å². The fourth-order valence-corrected chi connectivity index (χ4v) is 2.26. The highest BCUT2D eigenvalue weighted by atomic mass is 31.2. The molecule has 8 heteroatoms. The number of carboxylic acid groups (broad SMARTS) is 2. The van der Waals surface area contributed by atoms with E-state index in [2.05, 4.69) is 0 Å². The summed E-state index contributed by atoms with van der Waals surface area (Å²) in [5.41, 5.74) is 0. The molecule has 4 N–H and O–H groups in total. The Balaban J connectivity index is 5.12. The number of hydrogen-bond acceptors (Lipinski definition) is 3. The number of aliphatic carboxylic acids is 2. The molecule has 0 aliphatic heterocycles. The summed E-state index contributed by atoms with van der Waals surface area (Å²) in [6.07, 6.45) is -0.876. The van der Waals surface area contributed by atoms with Crippen LogP contribution >= 0.6 is 7.60 Å². The Morgan fingerprint density at radius 3 is 2.00 bits per heavy atom. The molecule has 0 bridgehead atoms. The third-order valence-electron chi connectivity index (χ3n) is 2.81. The summed E-state index contributed by atoms with van der Waals surface area (Å²) >= 11 is 0. The molecule has 16 heavy (non-hydrogen) atoms. The Morgan fingerprint density at radius 1 is 1.31 bits per heavy atom. The van der Waals surface area contributed by atoms with Gasteiger partial charge in [-0.1, -0.05) is 6.92 Å². The molecular formula is C8H15O7P. The van der Waals surface area contributed by atoms with Crippen LogP contribution in [0.15, 0.2) is 0 Å². The largest absolute Gasteiger partial charge is 0.481 e. The van der Waals surface area contributed by atoms with Gasteiger partial charge in [0.15, 0.2) is 0 Å². The normalized spacial score (nSPS) is 17.5. The Labute approximate surface area is 92.3 Å². The van der Waals surface area contributed by atoms with E-state index in [0.717, 1.165) is 13.8 Å². The number of rotatable bonds is 6. The summed E-state index contributed by atoms with van der Waals surface area (Å²) < 4.78 is 11.2. The van der Waals surface area contributed by atoms with Crippen LogP contribution in [-0.4, -0.2) is 37.1 Å². The number of hydrogen-bond donors (Lipinski definition) is 4. The van der Waals surface area contributed by atoms with Gasteiger partial charge in [0.2, 0.25) is 0 Å². The molecule has 0 saturated heterocycles. The van der Waals surface area contributed by atoms with E-state index < -0.39 is 37.0 Å². The zero-order chi connectivity index (χ0) is 13.1. The topological polar surface area (TPSA) is 132 Å². The molecule has 2 atom stereocenters. The molecule has 0 aromatic heterocycles. The van der Waals surface area contributed by atoms with Crippen molar-refractivity contribution in [1.82, 2.24) is 0 Å². The molecule has 0 aromatic carbocycles. The molecule has 0 aromatic rings. The predicted molar refractivity (Wildman–Crippen MR) is 54.1 cm³/mol. The first-order chi connectivity index (χ1) is 7.02. The Morgan fingerprint density at radius 2 is 1.75 bits per heavy atom. The zero-order valence-corrected chi connectivity index (χ0v) is 9.85. The summed E-state index contributed by atoms with van der Waals surface area (Å²) in [6.45, 7) is 2.25. The zero-order valence-electron chi connectivity index (χ0n) is 8.95. The van der Waals surface area contributed by atoms with Crippen molar-refractivity contribution in [1.29, 1.82) is 0 Å². The van der Waals surface area contributed by atoms with E-state index in [0.29, 0.717) is 0 Å². The Bertz CT molecular complexity index is 333. The molecular weight excluding hydrogens is 239 g/mol. The Kier molecular flexibility index (Phi) is 4.67. The van der Waals surface area contributed by atoms with Crippen LogP contribution in [0.1, 0.15) is 26.7 Å². The third kappa shape index (κ3) is 3.30. The van der Waals surface area contributed by atoms with Crippen LogP contribution in [0.4, 0.5) is 0 Å². The highest BCUT2D eigenvalue weighted by Gasteiger charge is 2.49. The maximum atomic E-state index is 11.2. The third-order valence-corrected chi connectivity index (χ3v) is 4.76. The lowest BCUT2D eigenvalue weighted by Crippen LogP contribution is -2.38. The average molecular weight is 254 g/mol. The second-order valence-electron chi connectivity index (χ2n) is 3.85. The van der Waals surface area contributed by atoms with Gasteiger partial charge in [0.05, 0.1) is 11.1 Å². The smallest absolute Gasteiger partial charge is 0.332 e. The SMILES string of the molecule is CC(C(=O)O)C(C)(CCC(=O)O)P(=O)(O)O. The van der Waals surface area contributed by atoms with E-state index >= 15 is 0 Å². The summed E-state index contributed by atoms with van der Waals surface area (Å²) in [7, 11) is -4.70. The number of carbonyl (C=O) groups is 2. The van der Waals surface area contributed by atoms with E-state index in [4.69, 9.17) is 20.0 Å². The molecule has 0 rings (SSSR count). The minimum Gasteiger partial charge on any atom is -0.481 e. The van der Waals surface area contributed by atoms with Gasteiger partial charge >= 0.3 is 19.5 Å². The molecule has 0 fully saturated rings. The quantitative estimate of drug-likeness (QED) is 0.507. The second-order valence-corrected chi connectivity index (χ2v) is 5.96. The molecule has 0 heterocycles. The van der Waals surface area contributed by atoms with Crippen molar-refractivity contribution in [3.05, 3.63) is 0 Å². The second kappa shape index (κ2) is 4.95. The fourth-order valence-electron chi connectivity index (χ4n) is 1.24. The lowest BCUT2D eigenvalue weighted by atomic mass is 9.90. The van der Waals surface area contributed by atoms with Crippen molar-refractivity contribution in [2.24, 2.45) is 5.92 Å². The van der Waals surface area contributed by atoms with Gasteiger partial charge in [-0.25, -0.2) is 0 Å². The van der Waals surface area contributed by atoms with Crippen LogP contribution in [0.5, 0.6) is 0 Å². The summed E-state index contributed by atoms with van der Waals surface area (Å²) in [4.78, 5) is 39.4. The first-order valence-corrected chi connectivity index (χ1v) is 6.14. The van der Waals surface area contributed by atoms with Gasteiger partial charge in [0.1, 0.15) is 0 Å². The van der Waals surface area contributed by atoms with Crippen LogP contribution < -0.4 is 0 Å². The van der Waals surface area contributed by atoms with Crippen LogP contribution in [-0.2, 0) is 14.2 Å². The van der Waals surface area contributed by atoms with Gasteiger partial charge < -0.3 is 20.0 Å². The van der Waals surface area contributed by atoms with Crippen molar-refractivity contribution >= 4 is 19.5 Å². The molecule has 7 nitrogen and oxygen atoms in total. The Hall–Kier alpha value is -0.910. The van der Waals surface area contributed by atoms with Gasteiger partial charge in [0, 0.05) is 6.42 Å².